The van der Waals surface area contributed by atoms with Gasteiger partial charge in [-0.15, -0.1) is 0 Å². The number of hydrogen-bond donors (Lipinski definition) is 0. The number of furan rings is 1. The van der Waals surface area contributed by atoms with E-state index >= 15 is 0 Å². The summed E-state index contributed by atoms with van der Waals surface area (Å²) in [5.74, 6) is 0.591. The molecular weight excluding hydrogens is 392 g/mol. The minimum Gasteiger partial charge on any atom is -0.463 e. The van der Waals surface area contributed by atoms with E-state index in [1.54, 1.807) is 40.2 Å². The maximum atomic E-state index is 13.4. The van der Waals surface area contributed by atoms with Gasteiger partial charge in [-0.3, -0.25) is 9.36 Å². The summed E-state index contributed by atoms with van der Waals surface area (Å²) in [6, 6.07) is 11.2. The summed E-state index contributed by atoms with van der Waals surface area (Å²) in [7, 11) is 0. The van der Waals surface area contributed by atoms with Crippen LogP contribution in [-0.2, 0) is 6.54 Å². The lowest BCUT2D eigenvalue weighted by molar-refractivity contribution is 0.559. The van der Waals surface area contributed by atoms with Crippen molar-refractivity contribution in [1.29, 1.82) is 0 Å². The van der Waals surface area contributed by atoms with E-state index in [4.69, 9.17) is 14.4 Å². The van der Waals surface area contributed by atoms with Gasteiger partial charge in [0.1, 0.15) is 16.7 Å². The molecule has 5 aromatic rings. The number of para-hydroxylation sites is 2. The van der Waals surface area contributed by atoms with Gasteiger partial charge in [0.15, 0.2) is 11.3 Å². The predicted octanol–water partition coefficient (Wildman–Crippen LogP) is 4.35. The first-order valence-electron chi connectivity index (χ1n) is 10.5. The van der Waals surface area contributed by atoms with Gasteiger partial charge in [-0.25, -0.2) is 15.0 Å². The van der Waals surface area contributed by atoms with E-state index in [0.29, 0.717) is 34.5 Å². The molecule has 1 aromatic carbocycles. The number of rotatable bonds is 7. The van der Waals surface area contributed by atoms with E-state index in [1.165, 1.54) is 0 Å². The van der Waals surface area contributed by atoms with Crippen molar-refractivity contribution >= 4 is 39.4 Å². The molecule has 8 nitrogen and oxygen atoms in total. The van der Waals surface area contributed by atoms with Gasteiger partial charge >= 0.3 is 0 Å². The Morgan fingerprint density at radius 3 is 2.65 bits per heavy atom. The van der Waals surface area contributed by atoms with Crippen LogP contribution in [0.15, 0.2) is 63.3 Å². The first-order chi connectivity index (χ1) is 15.3. The van der Waals surface area contributed by atoms with Crippen LogP contribution in [-0.4, -0.2) is 30.4 Å². The van der Waals surface area contributed by atoms with Crippen molar-refractivity contribution in [3.8, 4) is 0 Å². The standard InChI is InChI=1S/C23H22N6O2/c1-2-3-4-7-12-28-15-24-21-19(23(28)30)20-22(27-18-11-6-5-10-17(18)26-20)29(21)25-14-16-9-8-13-31-16/h5-6,8-11,13-15H,2-4,7,12H2,1H3/b25-14-. The lowest BCUT2D eigenvalue weighted by atomic mass is 10.2. The van der Waals surface area contributed by atoms with Gasteiger partial charge in [-0.1, -0.05) is 38.3 Å². The van der Waals surface area contributed by atoms with Crippen LogP contribution in [0.5, 0.6) is 0 Å². The highest BCUT2D eigenvalue weighted by atomic mass is 16.3. The summed E-state index contributed by atoms with van der Waals surface area (Å²) in [4.78, 5) is 27.4. The van der Waals surface area contributed by atoms with Crippen molar-refractivity contribution in [3.63, 3.8) is 0 Å². The van der Waals surface area contributed by atoms with Gasteiger partial charge in [0.05, 0.1) is 29.8 Å². The third kappa shape index (κ3) is 3.50. The quantitative estimate of drug-likeness (QED) is 0.292. The minimum absolute atomic E-state index is 0.122. The Balaban J connectivity index is 1.72. The molecule has 0 aliphatic heterocycles. The van der Waals surface area contributed by atoms with E-state index in [9.17, 15) is 4.79 Å². The Morgan fingerprint density at radius 1 is 1.03 bits per heavy atom. The number of benzene rings is 1. The molecule has 0 N–H and O–H groups in total. The van der Waals surface area contributed by atoms with Crippen molar-refractivity contribution < 1.29 is 4.42 Å². The maximum absolute atomic E-state index is 13.4. The van der Waals surface area contributed by atoms with Crippen LogP contribution in [0.25, 0.3) is 33.2 Å². The number of hydrogen-bond acceptors (Lipinski definition) is 6. The van der Waals surface area contributed by atoms with Crippen LogP contribution in [0.1, 0.15) is 38.4 Å². The fourth-order valence-corrected chi connectivity index (χ4v) is 3.71. The van der Waals surface area contributed by atoms with Gasteiger partial charge in [0.2, 0.25) is 0 Å². The van der Waals surface area contributed by atoms with Gasteiger partial charge in [0, 0.05) is 6.54 Å². The van der Waals surface area contributed by atoms with E-state index in [1.807, 2.05) is 24.3 Å². The van der Waals surface area contributed by atoms with Gasteiger partial charge in [-0.2, -0.15) is 9.78 Å². The highest BCUT2D eigenvalue weighted by molar-refractivity contribution is 6.04. The van der Waals surface area contributed by atoms with E-state index in [2.05, 4.69) is 17.0 Å². The highest BCUT2D eigenvalue weighted by Crippen LogP contribution is 2.24. The second-order valence-electron chi connectivity index (χ2n) is 7.46. The van der Waals surface area contributed by atoms with Gasteiger partial charge in [-0.05, 0) is 30.7 Å². The molecule has 0 aliphatic rings. The smallest absolute Gasteiger partial charge is 0.265 e. The SMILES string of the molecule is CCCCCCn1cnc2c(c1=O)c1nc3ccccc3nc1n2/N=C\c1ccco1. The van der Waals surface area contributed by atoms with Crippen LogP contribution in [0.4, 0.5) is 0 Å². The Hall–Kier alpha value is -3.81. The molecule has 0 fully saturated rings. The lowest BCUT2D eigenvalue weighted by Gasteiger charge is -2.05. The van der Waals surface area contributed by atoms with Crippen LogP contribution in [0.3, 0.4) is 0 Å². The van der Waals surface area contributed by atoms with Crippen molar-refractivity contribution in [3.05, 3.63) is 65.1 Å². The average Bonchev–Trinajstić information content (AvgIpc) is 3.41. The van der Waals surface area contributed by atoms with Crippen molar-refractivity contribution in [2.45, 2.75) is 39.2 Å². The minimum atomic E-state index is -0.122. The molecule has 156 valence electrons. The van der Waals surface area contributed by atoms with Crippen LogP contribution >= 0.6 is 0 Å². The first-order valence-corrected chi connectivity index (χ1v) is 10.5. The molecule has 0 amide bonds. The summed E-state index contributed by atoms with van der Waals surface area (Å²) in [6.45, 7) is 2.80. The molecule has 0 radical (unpaired) electrons. The Kier molecular flexibility index (Phi) is 5.03. The third-order valence-electron chi connectivity index (χ3n) is 5.30. The van der Waals surface area contributed by atoms with Crippen LogP contribution in [0, 0.1) is 0 Å². The summed E-state index contributed by atoms with van der Waals surface area (Å²) >= 11 is 0. The molecule has 0 spiro atoms. The average molecular weight is 414 g/mol. The molecule has 0 unspecified atom stereocenters. The monoisotopic (exact) mass is 414 g/mol. The zero-order valence-electron chi connectivity index (χ0n) is 17.2. The molecule has 0 bridgehead atoms. The molecule has 0 aliphatic carbocycles. The Bertz CT molecular complexity index is 1450. The number of unbranched alkanes of at least 4 members (excludes halogenated alkanes) is 3. The van der Waals surface area contributed by atoms with Crippen molar-refractivity contribution in [2.24, 2.45) is 5.10 Å². The van der Waals surface area contributed by atoms with Crippen molar-refractivity contribution in [1.82, 2.24) is 24.2 Å². The van der Waals surface area contributed by atoms with Crippen LogP contribution < -0.4 is 5.56 Å². The molecular formula is C23H22N6O2. The predicted molar refractivity (Wildman–Crippen MR) is 120 cm³/mol. The third-order valence-corrected chi connectivity index (χ3v) is 5.30. The molecule has 5 rings (SSSR count). The normalized spacial score (nSPS) is 12.0. The van der Waals surface area contributed by atoms with Crippen LogP contribution in [0.2, 0.25) is 0 Å². The molecule has 0 saturated carbocycles. The Labute approximate surface area is 177 Å². The molecule has 0 saturated heterocycles. The second-order valence-corrected chi connectivity index (χ2v) is 7.46. The number of fused-ring (bicyclic) bond motifs is 4. The summed E-state index contributed by atoms with van der Waals surface area (Å²) in [6.07, 6.45) is 9.07. The van der Waals surface area contributed by atoms with E-state index < -0.39 is 0 Å². The number of aromatic nitrogens is 5. The zero-order chi connectivity index (χ0) is 21.2. The van der Waals surface area contributed by atoms with Gasteiger partial charge in [0.25, 0.3) is 5.56 Å². The topological polar surface area (TPSA) is 91.1 Å². The van der Waals surface area contributed by atoms with E-state index in [-0.39, 0.29) is 5.56 Å². The molecule has 4 heterocycles. The zero-order valence-corrected chi connectivity index (χ0v) is 17.2. The maximum Gasteiger partial charge on any atom is 0.265 e. The summed E-state index contributed by atoms with van der Waals surface area (Å²) < 4.78 is 8.57. The molecule has 0 atom stereocenters. The lowest BCUT2D eigenvalue weighted by Crippen LogP contribution is -2.20. The highest BCUT2D eigenvalue weighted by Gasteiger charge is 2.19. The fourth-order valence-electron chi connectivity index (χ4n) is 3.71. The van der Waals surface area contributed by atoms with Gasteiger partial charge < -0.3 is 4.42 Å². The largest absolute Gasteiger partial charge is 0.463 e. The van der Waals surface area contributed by atoms with E-state index in [0.717, 1.165) is 36.7 Å². The molecule has 31 heavy (non-hydrogen) atoms. The van der Waals surface area contributed by atoms with Crippen molar-refractivity contribution in [2.75, 3.05) is 0 Å². The first kappa shape index (κ1) is 19.2. The molecule has 4 aromatic heterocycles. The Morgan fingerprint density at radius 2 is 1.87 bits per heavy atom. The number of nitrogens with zero attached hydrogens (tertiary/aromatic N) is 6. The summed E-state index contributed by atoms with van der Waals surface area (Å²) in [5, 5.41) is 4.95. The molecule has 8 heteroatoms. The second kappa shape index (κ2) is 8.14. The number of aryl methyl sites for hydroxylation is 1. The summed E-state index contributed by atoms with van der Waals surface area (Å²) in [5.41, 5.74) is 2.76. The fraction of sp³-hybridized carbons (Fsp3) is 0.261.